The lowest BCUT2D eigenvalue weighted by Gasteiger charge is -2.46. The summed E-state index contributed by atoms with van der Waals surface area (Å²) in [7, 11) is 1.66. The van der Waals surface area contributed by atoms with Gasteiger partial charge in [0.1, 0.15) is 5.75 Å². The summed E-state index contributed by atoms with van der Waals surface area (Å²) < 4.78 is 7.10. The van der Waals surface area contributed by atoms with E-state index in [4.69, 9.17) is 4.74 Å². The van der Waals surface area contributed by atoms with Gasteiger partial charge in [-0.25, -0.2) is 0 Å². The van der Waals surface area contributed by atoms with E-state index in [-0.39, 0.29) is 11.9 Å². The van der Waals surface area contributed by atoms with Gasteiger partial charge in [-0.2, -0.15) is 5.10 Å². The average Bonchev–Trinajstić information content (AvgIpc) is 3.08. The third-order valence-electron chi connectivity index (χ3n) is 5.79. The number of anilines is 1. The first-order valence-corrected chi connectivity index (χ1v) is 9.95. The number of nitrogens with zero attached hydrogens (tertiary/aromatic N) is 3. The highest BCUT2D eigenvalue weighted by Gasteiger charge is 2.38. The van der Waals surface area contributed by atoms with Crippen molar-refractivity contribution < 1.29 is 9.53 Å². The summed E-state index contributed by atoms with van der Waals surface area (Å²) >= 11 is 0. The Morgan fingerprint density at radius 2 is 2.11 bits per heavy atom. The van der Waals surface area contributed by atoms with E-state index >= 15 is 0 Å². The van der Waals surface area contributed by atoms with E-state index in [1.165, 1.54) is 32.1 Å². The maximum absolute atomic E-state index is 12.7. The third kappa shape index (κ3) is 4.16. The number of aromatic nitrogens is 2. The van der Waals surface area contributed by atoms with Crippen LogP contribution >= 0.6 is 0 Å². The highest BCUT2D eigenvalue weighted by Crippen LogP contribution is 2.30. The molecule has 6 nitrogen and oxygen atoms in total. The molecule has 1 aliphatic carbocycles. The largest absolute Gasteiger partial charge is 0.497 e. The molecular weight excluding hydrogens is 340 g/mol. The van der Waals surface area contributed by atoms with Gasteiger partial charge in [0.15, 0.2) is 0 Å². The summed E-state index contributed by atoms with van der Waals surface area (Å²) in [6.07, 6.45) is 11.0. The molecule has 2 aromatic rings. The lowest BCUT2D eigenvalue weighted by Crippen LogP contribution is -2.58. The first kappa shape index (κ1) is 18.0. The summed E-state index contributed by atoms with van der Waals surface area (Å²) in [4.78, 5) is 15.1. The molecule has 1 aromatic heterocycles. The highest BCUT2D eigenvalue weighted by atomic mass is 16.5. The summed E-state index contributed by atoms with van der Waals surface area (Å²) in [5.74, 6) is 0.939. The van der Waals surface area contributed by atoms with E-state index in [1.54, 1.807) is 13.3 Å². The number of hydrogen-bond donors (Lipinski definition) is 1. The second kappa shape index (κ2) is 8.13. The molecule has 0 bridgehead atoms. The van der Waals surface area contributed by atoms with Gasteiger partial charge in [-0.3, -0.25) is 14.4 Å². The second-order valence-electron chi connectivity index (χ2n) is 7.60. The second-order valence-corrected chi connectivity index (χ2v) is 7.60. The molecule has 144 valence electrons. The predicted octanol–water partition coefficient (Wildman–Crippen LogP) is 3.29. The number of ether oxygens (including phenoxy) is 1. The van der Waals surface area contributed by atoms with Crippen LogP contribution in [0.5, 0.6) is 5.75 Å². The summed E-state index contributed by atoms with van der Waals surface area (Å²) in [6, 6.07) is 8.55. The van der Waals surface area contributed by atoms with Gasteiger partial charge in [0.05, 0.1) is 31.6 Å². The minimum atomic E-state index is 0.0230. The van der Waals surface area contributed by atoms with Crippen molar-refractivity contribution in [3.05, 3.63) is 42.2 Å². The van der Waals surface area contributed by atoms with E-state index in [2.05, 4.69) is 15.3 Å². The number of carbonyl (C=O) groups excluding carboxylic acids is 1. The van der Waals surface area contributed by atoms with Gasteiger partial charge in [-0.15, -0.1) is 0 Å². The zero-order valence-corrected chi connectivity index (χ0v) is 15.9. The number of hydrogen-bond acceptors (Lipinski definition) is 4. The Morgan fingerprint density at radius 3 is 2.85 bits per heavy atom. The first-order valence-electron chi connectivity index (χ1n) is 9.95. The van der Waals surface area contributed by atoms with Gasteiger partial charge in [0, 0.05) is 18.8 Å². The molecule has 0 radical (unpaired) electrons. The standard InChI is InChI=1S/C21H28N4O2/c1-27-19-9-5-6-16(12-19)14-24-15-17(13-22-24)23-21(26)20-10-11-25(20)18-7-3-2-4-8-18/h5-6,9,12-13,15,18,20H,2-4,7-8,10-11,14H2,1H3,(H,23,26)/t20-/m0/s1. The van der Waals surface area contributed by atoms with Crippen molar-refractivity contribution in [1.29, 1.82) is 0 Å². The molecule has 1 aliphatic heterocycles. The van der Waals surface area contributed by atoms with Crippen LogP contribution in [0.3, 0.4) is 0 Å². The van der Waals surface area contributed by atoms with Crippen LogP contribution < -0.4 is 10.1 Å². The van der Waals surface area contributed by atoms with E-state index < -0.39 is 0 Å². The van der Waals surface area contributed by atoms with Crippen LogP contribution in [0.4, 0.5) is 5.69 Å². The predicted molar refractivity (Wildman–Crippen MR) is 105 cm³/mol. The van der Waals surface area contributed by atoms with Crippen LogP contribution in [-0.4, -0.2) is 46.3 Å². The molecular formula is C21H28N4O2. The number of carbonyl (C=O) groups is 1. The van der Waals surface area contributed by atoms with Crippen molar-refractivity contribution in [3.8, 4) is 5.75 Å². The quantitative estimate of drug-likeness (QED) is 0.850. The molecule has 0 unspecified atom stereocenters. The lowest BCUT2D eigenvalue weighted by molar-refractivity contribution is -0.127. The van der Waals surface area contributed by atoms with Crippen molar-refractivity contribution in [2.24, 2.45) is 0 Å². The normalized spacial score (nSPS) is 20.9. The minimum absolute atomic E-state index is 0.0230. The van der Waals surface area contributed by atoms with Crippen molar-refractivity contribution in [3.63, 3.8) is 0 Å². The molecule has 1 saturated carbocycles. The molecule has 0 spiro atoms. The number of benzene rings is 1. The minimum Gasteiger partial charge on any atom is -0.497 e. The molecule has 1 atom stereocenters. The number of nitrogens with one attached hydrogen (secondary N) is 1. The summed E-state index contributed by atoms with van der Waals surface area (Å²) in [5, 5.41) is 7.43. The van der Waals surface area contributed by atoms with Crippen molar-refractivity contribution >= 4 is 11.6 Å². The first-order chi connectivity index (χ1) is 13.2. The van der Waals surface area contributed by atoms with E-state index in [9.17, 15) is 4.79 Å². The van der Waals surface area contributed by atoms with Crippen molar-refractivity contribution in [2.45, 2.75) is 57.2 Å². The van der Waals surface area contributed by atoms with Crippen LogP contribution in [0, 0.1) is 0 Å². The molecule has 1 aromatic carbocycles. The maximum atomic E-state index is 12.7. The zero-order valence-electron chi connectivity index (χ0n) is 15.9. The summed E-state index contributed by atoms with van der Waals surface area (Å²) in [6.45, 7) is 1.70. The van der Waals surface area contributed by atoms with Gasteiger partial charge >= 0.3 is 0 Å². The van der Waals surface area contributed by atoms with Crippen LogP contribution in [-0.2, 0) is 11.3 Å². The van der Waals surface area contributed by atoms with Gasteiger partial charge in [0.2, 0.25) is 5.91 Å². The fourth-order valence-electron chi connectivity index (χ4n) is 4.24. The molecule has 2 heterocycles. The Balaban J connectivity index is 1.34. The topological polar surface area (TPSA) is 59.4 Å². The molecule has 1 saturated heterocycles. The van der Waals surface area contributed by atoms with Crippen molar-refractivity contribution in [1.82, 2.24) is 14.7 Å². The van der Waals surface area contributed by atoms with Gasteiger partial charge in [0.25, 0.3) is 0 Å². The fourth-order valence-corrected chi connectivity index (χ4v) is 4.24. The summed E-state index contributed by atoms with van der Waals surface area (Å²) in [5.41, 5.74) is 1.87. The Bertz CT molecular complexity index is 782. The average molecular weight is 368 g/mol. The van der Waals surface area contributed by atoms with E-state index in [0.29, 0.717) is 12.6 Å². The molecule has 2 aliphatic rings. The van der Waals surface area contributed by atoms with E-state index in [0.717, 1.165) is 30.0 Å². The Hall–Kier alpha value is -2.34. The van der Waals surface area contributed by atoms with Crippen LogP contribution in [0.15, 0.2) is 36.7 Å². The number of rotatable bonds is 6. The Labute approximate surface area is 160 Å². The third-order valence-corrected chi connectivity index (χ3v) is 5.79. The Morgan fingerprint density at radius 1 is 1.26 bits per heavy atom. The molecule has 1 N–H and O–H groups in total. The van der Waals surface area contributed by atoms with Crippen molar-refractivity contribution in [2.75, 3.05) is 19.0 Å². The number of likely N-dealkylation sites (tertiary alicyclic amines) is 1. The molecule has 27 heavy (non-hydrogen) atoms. The lowest BCUT2D eigenvalue weighted by atomic mass is 9.89. The molecule has 1 amide bonds. The van der Waals surface area contributed by atoms with Crippen LogP contribution in [0.1, 0.15) is 44.1 Å². The maximum Gasteiger partial charge on any atom is 0.241 e. The van der Waals surface area contributed by atoms with Crippen LogP contribution in [0.2, 0.25) is 0 Å². The number of methoxy groups -OCH3 is 1. The van der Waals surface area contributed by atoms with Gasteiger partial charge < -0.3 is 10.1 Å². The SMILES string of the molecule is COc1cccc(Cn2cc(NC(=O)[C@@H]3CCN3C3CCCCC3)cn2)c1. The van der Waals surface area contributed by atoms with E-state index in [1.807, 2.05) is 35.1 Å². The van der Waals surface area contributed by atoms with Gasteiger partial charge in [-0.05, 0) is 37.0 Å². The number of amides is 1. The Kier molecular flexibility index (Phi) is 5.43. The van der Waals surface area contributed by atoms with Crippen LogP contribution in [0.25, 0.3) is 0 Å². The fraction of sp³-hybridized carbons (Fsp3) is 0.524. The molecule has 4 rings (SSSR count). The molecule has 6 heteroatoms. The van der Waals surface area contributed by atoms with Gasteiger partial charge in [-0.1, -0.05) is 31.4 Å². The molecule has 2 fully saturated rings. The zero-order chi connectivity index (χ0) is 18.6. The monoisotopic (exact) mass is 368 g/mol. The smallest absolute Gasteiger partial charge is 0.241 e. The highest BCUT2D eigenvalue weighted by molar-refractivity contribution is 5.95.